The number of carbonyl (C=O) groups is 2. The molecule has 0 spiro atoms. The molecule has 1 N–H and O–H groups in total. The number of benzene rings is 2. The highest BCUT2D eigenvalue weighted by molar-refractivity contribution is 6.30. The molecule has 0 bridgehead atoms. The average Bonchev–Trinajstić information content (AvgIpc) is 2.95. The second-order valence-corrected chi connectivity index (χ2v) is 6.03. The molecule has 26 heavy (non-hydrogen) atoms. The van der Waals surface area contributed by atoms with Crippen molar-refractivity contribution in [3.63, 3.8) is 0 Å². The van der Waals surface area contributed by atoms with Crippen molar-refractivity contribution in [2.75, 3.05) is 5.32 Å². The molecule has 0 atom stereocenters. The van der Waals surface area contributed by atoms with Gasteiger partial charge in [-0.25, -0.2) is 0 Å². The number of amides is 1. The lowest BCUT2D eigenvalue weighted by Crippen LogP contribution is -2.16. The molecular weight excluding hydrogens is 369 g/mol. The summed E-state index contributed by atoms with van der Waals surface area (Å²) in [4.78, 5) is 24.3. The van der Waals surface area contributed by atoms with E-state index >= 15 is 0 Å². The van der Waals surface area contributed by atoms with Gasteiger partial charge in [0.15, 0.2) is 0 Å². The molecule has 0 unspecified atom stereocenters. The van der Waals surface area contributed by atoms with Crippen molar-refractivity contribution >= 4 is 40.0 Å². The summed E-state index contributed by atoms with van der Waals surface area (Å²) in [6, 6.07) is 9.74. The predicted octanol–water partition coefficient (Wildman–Crippen LogP) is 5.23. The summed E-state index contributed by atoms with van der Waals surface area (Å²) >= 11 is 5.64. The van der Waals surface area contributed by atoms with Gasteiger partial charge >= 0.3 is 6.18 Å². The smallest absolute Gasteiger partial charge is 0.321 e. The normalized spacial score (nSPS) is 11.6. The van der Waals surface area contributed by atoms with Crippen LogP contribution >= 0.6 is 11.6 Å². The number of halogens is 4. The van der Waals surface area contributed by atoms with Gasteiger partial charge in [0, 0.05) is 23.5 Å². The fourth-order valence-electron chi connectivity index (χ4n) is 2.67. The van der Waals surface area contributed by atoms with Crippen LogP contribution in [0, 0.1) is 0 Å². The van der Waals surface area contributed by atoms with Gasteiger partial charge in [0.05, 0.1) is 22.3 Å². The Morgan fingerprint density at radius 1 is 1.12 bits per heavy atom. The van der Waals surface area contributed by atoms with E-state index in [2.05, 4.69) is 5.32 Å². The van der Waals surface area contributed by atoms with E-state index in [1.54, 1.807) is 24.3 Å². The molecule has 0 aliphatic heterocycles. The quantitative estimate of drug-likeness (QED) is 0.662. The first kappa shape index (κ1) is 18.0. The van der Waals surface area contributed by atoms with Crippen LogP contribution < -0.4 is 5.32 Å². The first-order valence-electron chi connectivity index (χ1n) is 7.47. The number of alkyl halides is 3. The lowest BCUT2D eigenvalue weighted by molar-refractivity contribution is -0.136. The summed E-state index contributed by atoms with van der Waals surface area (Å²) in [5.41, 5.74) is -0.864. The van der Waals surface area contributed by atoms with Crippen LogP contribution in [-0.2, 0) is 6.18 Å². The molecule has 3 aromatic rings. The van der Waals surface area contributed by atoms with Crippen LogP contribution in [-0.4, -0.2) is 16.4 Å². The fraction of sp³-hybridized carbons (Fsp3) is 0.111. The molecule has 134 valence electrons. The maximum Gasteiger partial charge on any atom is 0.418 e. The molecule has 1 amide bonds. The topological polar surface area (TPSA) is 51.1 Å². The number of hydrogen-bond donors (Lipinski definition) is 1. The van der Waals surface area contributed by atoms with Crippen LogP contribution in [0.25, 0.3) is 10.9 Å². The molecule has 0 saturated carbocycles. The fourth-order valence-corrected chi connectivity index (χ4v) is 2.84. The largest absolute Gasteiger partial charge is 0.418 e. The second-order valence-electron chi connectivity index (χ2n) is 5.59. The van der Waals surface area contributed by atoms with Crippen molar-refractivity contribution < 1.29 is 22.8 Å². The van der Waals surface area contributed by atoms with E-state index in [1.807, 2.05) is 0 Å². The number of anilines is 1. The van der Waals surface area contributed by atoms with Gasteiger partial charge in [0.1, 0.15) is 0 Å². The minimum atomic E-state index is -4.68. The zero-order chi connectivity index (χ0) is 19.1. The molecule has 2 aromatic carbocycles. The maximum atomic E-state index is 13.2. The first-order valence-corrected chi connectivity index (χ1v) is 7.85. The Balaban J connectivity index is 2.05. The number of carbonyl (C=O) groups excluding carboxylic acids is 2. The molecule has 4 nitrogen and oxygen atoms in total. The monoisotopic (exact) mass is 380 g/mol. The zero-order valence-electron chi connectivity index (χ0n) is 13.4. The van der Waals surface area contributed by atoms with E-state index in [4.69, 9.17) is 11.6 Å². The summed E-state index contributed by atoms with van der Waals surface area (Å²) in [6.45, 7) is 1.33. The summed E-state index contributed by atoms with van der Waals surface area (Å²) in [6.07, 6.45) is -3.37. The van der Waals surface area contributed by atoms with Crippen molar-refractivity contribution in [2.45, 2.75) is 13.1 Å². The standard InChI is InChI=1S/C18H12ClF3N2O2/c1-10(25)24-9-13(12-4-2-3-5-16(12)24)17(26)23-15-7-6-11(19)8-14(15)18(20,21)22/h2-9H,1H3,(H,23,26). The van der Waals surface area contributed by atoms with Gasteiger partial charge < -0.3 is 5.32 Å². The van der Waals surface area contributed by atoms with Crippen LogP contribution in [0.1, 0.15) is 27.6 Å². The van der Waals surface area contributed by atoms with Crippen molar-refractivity contribution in [1.29, 1.82) is 0 Å². The Bertz CT molecular complexity index is 1020. The van der Waals surface area contributed by atoms with Gasteiger partial charge in [-0.15, -0.1) is 0 Å². The van der Waals surface area contributed by atoms with Gasteiger partial charge in [-0.3, -0.25) is 14.2 Å². The Labute approximate surface area is 151 Å². The van der Waals surface area contributed by atoms with Gasteiger partial charge in [-0.05, 0) is 24.3 Å². The highest BCUT2D eigenvalue weighted by Gasteiger charge is 2.34. The number of hydrogen-bond acceptors (Lipinski definition) is 2. The van der Waals surface area contributed by atoms with E-state index < -0.39 is 23.3 Å². The predicted molar refractivity (Wildman–Crippen MR) is 92.6 cm³/mol. The highest BCUT2D eigenvalue weighted by Crippen LogP contribution is 2.37. The van der Waals surface area contributed by atoms with E-state index in [-0.39, 0.29) is 16.5 Å². The molecule has 3 rings (SSSR count). The molecule has 0 radical (unpaired) electrons. The zero-order valence-corrected chi connectivity index (χ0v) is 14.2. The number of fused-ring (bicyclic) bond motifs is 1. The molecule has 1 aromatic heterocycles. The van der Waals surface area contributed by atoms with E-state index in [9.17, 15) is 22.8 Å². The lowest BCUT2D eigenvalue weighted by Gasteiger charge is -2.14. The van der Waals surface area contributed by atoms with Crippen LogP contribution in [0.15, 0.2) is 48.7 Å². The SMILES string of the molecule is CC(=O)n1cc(C(=O)Nc2ccc(Cl)cc2C(F)(F)F)c2ccccc21. The Morgan fingerprint density at radius 2 is 1.81 bits per heavy atom. The summed E-state index contributed by atoms with van der Waals surface area (Å²) in [5, 5.41) is 2.63. The van der Waals surface area contributed by atoms with Crippen molar-refractivity contribution in [3.05, 3.63) is 64.8 Å². The minimum Gasteiger partial charge on any atom is -0.321 e. The van der Waals surface area contributed by atoms with Crippen LogP contribution in [0.5, 0.6) is 0 Å². The first-order chi connectivity index (χ1) is 12.2. The van der Waals surface area contributed by atoms with Crippen LogP contribution in [0.4, 0.5) is 18.9 Å². The van der Waals surface area contributed by atoms with E-state index in [0.717, 1.165) is 12.1 Å². The Morgan fingerprint density at radius 3 is 2.46 bits per heavy atom. The van der Waals surface area contributed by atoms with Crippen molar-refractivity contribution in [1.82, 2.24) is 4.57 Å². The van der Waals surface area contributed by atoms with Gasteiger partial charge in [-0.1, -0.05) is 29.8 Å². The van der Waals surface area contributed by atoms with Crippen molar-refractivity contribution in [2.24, 2.45) is 0 Å². The number of aromatic nitrogens is 1. The number of rotatable bonds is 2. The Kier molecular flexibility index (Phi) is 4.50. The number of para-hydroxylation sites is 1. The molecule has 0 fully saturated rings. The van der Waals surface area contributed by atoms with Crippen LogP contribution in [0.3, 0.4) is 0 Å². The molecule has 1 heterocycles. The van der Waals surface area contributed by atoms with Gasteiger partial charge in [0.25, 0.3) is 5.91 Å². The third-order valence-corrected chi connectivity index (χ3v) is 4.07. The van der Waals surface area contributed by atoms with Gasteiger partial charge in [-0.2, -0.15) is 13.2 Å². The van der Waals surface area contributed by atoms with Gasteiger partial charge in [0.2, 0.25) is 5.91 Å². The molecule has 0 saturated heterocycles. The highest BCUT2D eigenvalue weighted by atomic mass is 35.5. The molecular formula is C18H12ClF3N2O2. The molecule has 8 heteroatoms. The third kappa shape index (κ3) is 3.30. The van der Waals surface area contributed by atoms with E-state index in [1.165, 1.54) is 23.8 Å². The lowest BCUT2D eigenvalue weighted by atomic mass is 10.1. The Hall–Kier alpha value is -2.80. The number of nitrogens with zero attached hydrogens (tertiary/aromatic N) is 1. The average molecular weight is 381 g/mol. The van der Waals surface area contributed by atoms with Crippen LogP contribution in [0.2, 0.25) is 5.02 Å². The number of nitrogens with one attached hydrogen (secondary N) is 1. The van der Waals surface area contributed by atoms with Crippen molar-refractivity contribution in [3.8, 4) is 0 Å². The minimum absolute atomic E-state index is 0.0940. The third-order valence-electron chi connectivity index (χ3n) is 3.83. The summed E-state index contributed by atoms with van der Waals surface area (Å²) < 4.78 is 40.8. The second kappa shape index (κ2) is 6.49. The summed E-state index contributed by atoms with van der Waals surface area (Å²) in [7, 11) is 0. The maximum absolute atomic E-state index is 13.2. The summed E-state index contributed by atoms with van der Waals surface area (Å²) in [5.74, 6) is -1.07. The molecule has 0 aliphatic rings. The van der Waals surface area contributed by atoms with E-state index in [0.29, 0.717) is 10.9 Å². The molecule has 0 aliphatic carbocycles.